The van der Waals surface area contributed by atoms with Gasteiger partial charge in [0.1, 0.15) is 4.49 Å². The molecule has 5 nitrogen and oxygen atoms in total. The third kappa shape index (κ3) is 4.58. The van der Waals surface area contributed by atoms with E-state index >= 15 is 0 Å². The molecule has 0 aliphatic rings. The molecule has 0 aliphatic heterocycles. The SMILES string of the molecule is O=[N+]([O-])c1ccc(NN=C(C=C(Cl)Cl)c2ccccc2)cc1. The van der Waals surface area contributed by atoms with Gasteiger partial charge in [-0.3, -0.25) is 15.5 Å². The maximum absolute atomic E-state index is 10.6. The highest BCUT2D eigenvalue weighted by atomic mass is 35.5. The van der Waals surface area contributed by atoms with Crippen molar-refractivity contribution >= 4 is 40.3 Å². The lowest BCUT2D eigenvalue weighted by Crippen LogP contribution is -2.01. The van der Waals surface area contributed by atoms with Crippen LogP contribution >= 0.6 is 23.2 Å². The van der Waals surface area contributed by atoms with Crippen LogP contribution in [0.4, 0.5) is 11.4 Å². The molecule has 0 spiro atoms. The Morgan fingerprint density at radius 1 is 1.09 bits per heavy atom. The third-order valence-corrected chi connectivity index (χ3v) is 2.92. The number of nitro benzene ring substituents is 1. The predicted molar refractivity (Wildman–Crippen MR) is 89.5 cm³/mol. The van der Waals surface area contributed by atoms with Crippen LogP contribution < -0.4 is 5.43 Å². The number of hydrazone groups is 1. The van der Waals surface area contributed by atoms with E-state index in [4.69, 9.17) is 23.2 Å². The first-order valence-electron chi connectivity index (χ1n) is 6.22. The van der Waals surface area contributed by atoms with Crippen LogP contribution in [-0.2, 0) is 0 Å². The normalized spacial score (nSPS) is 10.9. The molecule has 7 heteroatoms. The summed E-state index contributed by atoms with van der Waals surface area (Å²) < 4.78 is 0.0769. The Bertz CT molecular complexity index is 709. The van der Waals surface area contributed by atoms with Crippen LogP contribution in [0.15, 0.2) is 70.3 Å². The summed E-state index contributed by atoms with van der Waals surface area (Å²) >= 11 is 11.4. The van der Waals surface area contributed by atoms with E-state index in [1.165, 1.54) is 18.2 Å². The Morgan fingerprint density at radius 3 is 2.27 bits per heavy atom. The van der Waals surface area contributed by atoms with Crippen LogP contribution in [-0.4, -0.2) is 10.6 Å². The zero-order valence-electron chi connectivity index (χ0n) is 11.2. The second-order valence-electron chi connectivity index (χ2n) is 4.21. The minimum absolute atomic E-state index is 0.0153. The van der Waals surface area contributed by atoms with Gasteiger partial charge in [0.25, 0.3) is 5.69 Å². The number of allylic oxidation sites excluding steroid dienone is 1. The number of benzene rings is 2. The summed E-state index contributed by atoms with van der Waals surface area (Å²) in [4.78, 5) is 10.1. The monoisotopic (exact) mass is 335 g/mol. The van der Waals surface area contributed by atoms with E-state index in [0.29, 0.717) is 11.4 Å². The smallest absolute Gasteiger partial charge is 0.269 e. The first kappa shape index (κ1) is 16.0. The summed E-state index contributed by atoms with van der Waals surface area (Å²) in [6, 6.07) is 15.3. The quantitative estimate of drug-likeness (QED) is 0.488. The van der Waals surface area contributed by atoms with Crippen molar-refractivity contribution < 1.29 is 4.92 Å². The minimum Gasteiger partial charge on any atom is -0.278 e. The number of nitro groups is 1. The number of nitrogens with zero attached hydrogens (tertiary/aromatic N) is 2. The molecule has 2 aromatic rings. The molecular formula is C15H11Cl2N3O2. The van der Waals surface area contributed by atoms with Crippen molar-refractivity contribution in [2.24, 2.45) is 5.10 Å². The lowest BCUT2D eigenvalue weighted by atomic mass is 10.1. The average molecular weight is 336 g/mol. The first-order chi connectivity index (χ1) is 10.6. The van der Waals surface area contributed by atoms with Crippen LogP contribution in [0.2, 0.25) is 0 Å². The zero-order chi connectivity index (χ0) is 15.9. The predicted octanol–water partition coefficient (Wildman–Crippen LogP) is 4.73. The molecule has 0 fully saturated rings. The van der Waals surface area contributed by atoms with Crippen molar-refractivity contribution in [3.05, 3.63) is 80.8 Å². The molecule has 0 unspecified atom stereocenters. The van der Waals surface area contributed by atoms with Gasteiger partial charge < -0.3 is 0 Å². The fraction of sp³-hybridized carbons (Fsp3) is 0. The molecule has 2 aromatic carbocycles. The van der Waals surface area contributed by atoms with Crippen LogP contribution in [0.3, 0.4) is 0 Å². The van der Waals surface area contributed by atoms with E-state index in [1.807, 2.05) is 30.3 Å². The highest BCUT2D eigenvalue weighted by Crippen LogP contribution is 2.16. The van der Waals surface area contributed by atoms with Crippen LogP contribution in [0, 0.1) is 10.1 Å². The number of anilines is 1. The van der Waals surface area contributed by atoms with Gasteiger partial charge >= 0.3 is 0 Å². The number of rotatable bonds is 5. The minimum atomic E-state index is -0.460. The zero-order valence-corrected chi connectivity index (χ0v) is 12.8. The number of nitrogens with one attached hydrogen (secondary N) is 1. The molecule has 112 valence electrons. The van der Waals surface area contributed by atoms with Gasteiger partial charge in [-0.25, -0.2) is 0 Å². The largest absolute Gasteiger partial charge is 0.278 e. The van der Waals surface area contributed by atoms with Crippen molar-refractivity contribution in [2.75, 3.05) is 5.43 Å². The Morgan fingerprint density at radius 2 is 1.73 bits per heavy atom. The van der Waals surface area contributed by atoms with E-state index < -0.39 is 4.92 Å². The summed E-state index contributed by atoms with van der Waals surface area (Å²) in [6.07, 6.45) is 1.51. The van der Waals surface area contributed by atoms with Gasteiger partial charge in [-0.1, -0.05) is 53.5 Å². The summed E-state index contributed by atoms with van der Waals surface area (Å²) in [5.74, 6) is 0. The lowest BCUT2D eigenvalue weighted by Gasteiger charge is -2.04. The molecule has 1 N–H and O–H groups in total. The van der Waals surface area contributed by atoms with E-state index in [9.17, 15) is 10.1 Å². The Kier molecular flexibility index (Phi) is 5.52. The van der Waals surface area contributed by atoms with Crippen molar-refractivity contribution in [3.8, 4) is 0 Å². The van der Waals surface area contributed by atoms with Crippen LogP contribution in [0.25, 0.3) is 0 Å². The van der Waals surface area contributed by atoms with Crippen molar-refractivity contribution in [3.63, 3.8) is 0 Å². The van der Waals surface area contributed by atoms with Gasteiger partial charge in [0.15, 0.2) is 0 Å². The Balaban J connectivity index is 2.23. The molecule has 0 aliphatic carbocycles. The third-order valence-electron chi connectivity index (χ3n) is 2.70. The molecule has 0 atom stereocenters. The van der Waals surface area contributed by atoms with E-state index in [-0.39, 0.29) is 10.2 Å². The molecule has 0 bridgehead atoms. The van der Waals surface area contributed by atoms with Gasteiger partial charge in [-0.05, 0) is 18.2 Å². The number of hydrogen-bond acceptors (Lipinski definition) is 4. The molecule has 0 radical (unpaired) electrons. The Labute approximate surface area is 137 Å². The molecule has 0 aromatic heterocycles. The topological polar surface area (TPSA) is 67.5 Å². The van der Waals surface area contributed by atoms with Crippen LogP contribution in [0.5, 0.6) is 0 Å². The summed E-state index contributed by atoms with van der Waals surface area (Å²) in [7, 11) is 0. The Hall–Kier alpha value is -2.37. The van der Waals surface area contributed by atoms with E-state index in [1.54, 1.807) is 12.1 Å². The molecule has 0 heterocycles. The van der Waals surface area contributed by atoms with Crippen molar-refractivity contribution in [2.45, 2.75) is 0 Å². The fourth-order valence-corrected chi connectivity index (χ4v) is 1.88. The van der Waals surface area contributed by atoms with Gasteiger partial charge in [-0.2, -0.15) is 5.10 Å². The van der Waals surface area contributed by atoms with Gasteiger partial charge in [0, 0.05) is 17.7 Å². The maximum atomic E-state index is 10.6. The van der Waals surface area contributed by atoms with Crippen molar-refractivity contribution in [1.82, 2.24) is 0 Å². The molecule has 0 saturated carbocycles. The first-order valence-corrected chi connectivity index (χ1v) is 6.98. The highest BCUT2D eigenvalue weighted by molar-refractivity contribution is 6.57. The highest BCUT2D eigenvalue weighted by Gasteiger charge is 2.04. The fourth-order valence-electron chi connectivity index (χ4n) is 1.67. The summed E-state index contributed by atoms with van der Waals surface area (Å²) in [6.45, 7) is 0. The summed E-state index contributed by atoms with van der Waals surface area (Å²) in [5.41, 5.74) is 4.81. The molecular weight excluding hydrogens is 325 g/mol. The summed E-state index contributed by atoms with van der Waals surface area (Å²) in [5, 5.41) is 14.8. The molecule has 2 rings (SSSR count). The van der Waals surface area contributed by atoms with E-state index in [0.717, 1.165) is 5.56 Å². The molecule has 22 heavy (non-hydrogen) atoms. The maximum Gasteiger partial charge on any atom is 0.269 e. The second kappa shape index (κ2) is 7.59. The van der Waals surface area contributed by atoms with Gasteiger partial charge in [0.2, 0.25) is 0 Å². The molecule has 0 amide bonds. The lowest BCUT2D eigenvalue weighted by molar-refractivity contribution is -0.384. The van der Waals surface area contributed by atoms with E-state index in [2.05, 4.69) is 10.5 Å². The molecule has 0 saturated heterocycles. The number of hydrogen-bond donors (Lipinski definition) is 1. The van der Waals surface area contributed by atoms with Crippen LogP contribution in [0.1, 0.15) is 5.56 Å². The van der Waals surface area contributed by atoms with Crippen molar-refractivity contribution in [1.29, 1.82) is 0 Å². The number of halogens is 2. The second-order valence-corrected chi connectivity index (χ2v) is 5.22. The number of non-ortho nitro benzene ring substituents is 1. The standard InChI is InChI=1S/C15H11Cl2N3O2/c16-15(17)10-14(11-4-2-1-3-5-11)19-18-12-6-8-13(9-7-12)20(21)22/h1-10,18H. The average Bonchev–Trinajstić information content (AvgIpc) is 2.52. The van der Waals surface area contributed by atoms with Gasteiger partial charge in [-0.15, -0.1) is 0 Å². The van der Waals surface area contributed by atoms with Gasteiger partial charge in [0.05, 0.1) is 16.3 Å².